The summed E-state index contributed by atoms with van der Waals surface area (Å²) in [5.41, 5.74) is 0.804. The van der Waals surface area contributed by atoms with Gasteiger partial charge >= 0.3 is 0 Å². The number of nitrogens with zero attached hydrogens (tertiary/aromatic N) is 4. The van der Waals surface area contributed by atoms with E-state index in [1.807, 2.05) is 7.05 Å². The van der Waals surface area contributed by atoms with E-state index in [1.54, 1.807) is 17.1 Å². The van der Waals surface area contributed by atoms with E-state index >= 15 is 0 Å². The van der Waals surface area contributed by atoms with Crippen LogP contribution in [0.15, 0.2) is 12.5 Å². The largest absolute Gasteiger partial charge is 0.367 e. The quantitative estimate of drug-likeness (QED) is 0.872. The molecule has 1 N–H and O–H groups in total. The Morgan fingerprint density at radius 2 is 2.28 bits per heavy atom. The van der Waals surface area contributed by atoms with Gasteiger partial charge in [0.2, 0.25) is 0 Å². The Hall–Kier alpha value is -1.50. The third kappa shape index (κ3) is 2.84. The van der Waals surface area contributed by atoms with Crippen molar-refractivity contribution in [2.75, 3.05) is 17.3 Å². The molecule has 0 bridgehead atoms. The fraction of sp³-hybridized carbons (Fsp3) is 0.545. The maximum Gasteiger partial charge on any atom is 0.163 e. The summed E-state index contributed by atoms with van der Waals surface area (Å²) in [6.45, 7) is 2.05. The summed E-state index contributed by atoms with van der Waals surface area (Å²) in [5, 5.41) is 8.39. The molecule has 0 radical (unpaired) electrons. The van der Waals surface area contributed by atoms with Crippen LogP contribution >= 0.6 is 0 Å². The Labute approximate surface area is 108 Å². The zero-order chi connectivity index (χ0) is 13.1. The van der Waals surface area contributed by atoms with Crippen LogP contribution in [0.4, 0.5) is 5.82 Å². The number of anilines is 1. The average molecular weight is 267 g/mol. The van der Waals surface area contributed by atoms with Crippen molar-refractivity contribution in [2.24, 2.45) is 7.05 Å². The van der Waals surface area contributed by atoms with E-state index in [0.29, 0.717) is 5.75 Å². The van der Waals surface area contributed by atoms with Crippen molar-refractivity contribution in [1.29, 1.82) is 0 Å². The predicted molar refractivity (Wildman–Crippen MR) is 72.9 cm³/mol. The third-order valence-corrected chi connectivity index (χ3v) is 3.56. The number of hydrogen-bond donors (Lipinski definition) is 1. The fourth-order valence-electron chi connectivity index (χ4n) is 1.73. The van der Waals surface area contributed by atoms with Crippen LogP contribution in [0.2, 0.25) is 0 Å². The molecule has 0 spiro atoms. The van der Waals surface area contributed by atoms with Crippen LogP contribution in [0.1, 0.15) is 13.3 Å². The molecule has 2 heterocycles. The van der Waals surface area contributed by atoms with Gasteiger partial charge in [-0.15, -0.1) is 0 Å². The van der Waals surface area contributed by atoms with E-state index in [9.17, 15) is 4.21 Å². The first-order valence-electron chi connectivity index (χ1n) is 5.77. The molecule has 0 amide bonds. The maximum atomic E-state index is 11.1. The number of aromatic nitrogens is 4. The van der Waals surface area contributed by atoms with Gasteiger partial charge in [0.1, 0.15) is 12.1 Å². The smallest absolute Gasteiger partial charge is 0.163 e. The average Bonchev–Trinajstić information content (AvgIpc) is 2.70. The van der Waals surface area contributed by atoms with Gasteiger partial charge in [-0.25, -0.2) is 9.97 Å². The Bertz CT molecular complexity index is 568. The van der Waals surface area contributed by atoms with Gasteiger partial charge in [0.15, 0.2) is 5.65 Å². The third-order valence-electron chi connectivity index (χ3n) is 2.75. The molecule has 0 saturated carbocycles. The summed E-state index contributed by atoms with van der Waals surface area (Å²) in [7, 11) is 1.09. The molecule has 0 aliphatic carbocycles. The molecule has 0 aliphatic rings. The second kappa shape index (κ2) is 5.43. The molecular weight excluding hydrogens is 250 g/mol. The number of aryl methyl sites for hydroxylation is 1. The molecular formula is C11H17N5OS. The van der Waals surface area contributed by atoms with Crippen LogP contribution in [0.5, 0.6) is 0 Å². The summed E-state index contributed by atoms with van der Waals surface area (Å²) in [5.74, 6) is 1.47. The van der Waals surface area contributed by atoms with Gasteiger partial charge in [0.05, 0.1) is 11.6 Å². The summed E-state index contributed by atoms with van der Waals surface area (Å²) < 4.78 is 12.8. The van der Waals surface area contributed by atoms with Crippen molar-refractivity contribution >= 4 is 27.7 Å². The highest BCUT2D eigenvalue weighted by atomic mass is 32.2. The van der Waals surface area contributed by atoms with Crippen molar-refractivity contribution < 1.29 is 4.21 Å². The molecule has 0 fully saturated rings. The molecule has 0 aromatic carbocycles. The summed E-state index contributed by atoms with van der Waals surface area (Å²) >= 11 is 0. The fourth-order valence-corrected chi connectivity index (χ4v) is 2.41. The minimum Gasteiger partial charge on any atom is -0.367 e. The first-order chi connectivity index (χ1) is 8.58. The van der Waals surface area contributed by atoms with E-state index < -0.39 is 10.8 Å². The van der Waals surface area contributed by atoms with Gasteiger partial charge in [-0.2, -0.15) is 5.10 Å². The molecule has 2 aromatic heterocycles. The highest BCUT2D eigenvalue weighted by Crippen LogP contribution is 2.18. The zero-order valence-corrected chi connectivity index (χ0v) is 11.6. The Morgan fingerprint density at radius 1 is 1.50 bits per heavy atom. The molecule has 18 heavy (non-hydrogen) atoms. The lowest BCUT2D eigenvalue weighted by Crippen LogP contribution is -2.18. The van der Waals surface area contributed by atoms with Gasteiger partial charge in [0.25, 0.3) is 0 Å². The lowest BCUT2D eigenvalue weighted by molar-refractivity contribution is 0.678. The molecule has 2 rings (SSSR count). The number of rotatable bonds is 5. The van der Waals surface area contributed by atoms with E-state index in [-0.39, 0.29) is 6.04 Å². The van der Waals surface area contributed by atoms with Crippen LogP contribution in [0.3, 0.4) is 0 Å². The van der Waals surface area contributed by atoms with E-state index in [4.69, 9.17) is 0 Å². The Morgan fingerprint density at radius 3 is 3.00 bits per heavy atom. The van der Waals surface area contributed by atoms with Gasteiger partial charge in [0, 0.05) is 35.9 Å². The summed E-state index contributed by atoms with van der Waals surface area (Å²) in [6.07, 6.45) is 5.84. The summed E-state index contributed by atoms with van der Waals surface area (Å²) in [4.78, 5) is 8.42. The molecule has 0 aliphatic heterocycles. The topological polar surface area (TPSA) is 72.7 Å². The van der Waals surface area contributed by atoms with E-state index in [2.05, 4.69) is 27.3 Å². The molecule has 2 aromatic rings. The van der Waals surface area contributed by atoms with Crippen molar-refractivity contribution in [3.8, 4) is 0 Å². The van der Waals surface area contributed by atoms with Crippen molar-refractivity contribution in [1.82, 2.24) is 19.7 Å². The molecule has 2 unspecified atom stereocenters. The summed E-state index contributed by atoms with van der Waals surface area (Å²) in [6, 6.07) is 0.215. The lowest BCUT2D eigenvalue weighted by Gasteiger charge is -2.13. The Balaban J connectivity index is 2.14. The van der Waals surface area contributed by atoms with Gasteiger partial charge < -0.3 is 5.32 Å². The van der Waals surface area contributed by atoms with Crippen LogP contribution in [-0.4, -0.2) is 42.0 Å². The standard InChI is InChI=1S/C11H17N5OS/c1-8(4-5-18(3)17)15-10-9-6-14-16(2)11(9)13-7-12-10/h6-8H,4-5H2,1-3H3,(H,12,13,15). The highest BCUT2D eigenvalue weighted by Gasteiger charge is 2.10. The van der Waals surface area contributed by atoms with Gasteiger partial charge in [-0.1, -0.05) is 0 Å². The zero-order valence-electron chi connectivity index (χ0n) is 10.8. The van der Waals surface area contributed by atoms with Gasteiger partial charge in [-0.05, 0) is 13.3 Å². The monoisotopic (exact) mass is 267 g/mol. The Kier molecular flexibility index (Phi) is 3.90. The van der Waals surface area contributed by atoms with Crippen molar-refractivity contribution in [2.45, 2.75) is 19.4 Å². The maximum absolute atomic E-state index is 11.1. The van der Waals surface area contributed by atoms with Gasteiger partial charge in [-0.3, -0.25) is 8.89 Å². The van der Waals surface area contributed by atoms with Crippen LogP contribution in [0.25, 0.3) is 11.0 Å². The number of hydrogen-bond acceptors (Lipinski definition) is 5. The minimum absolute atomic E-state index is 0.215. The molecule has 0 saturated heterocycles. The van der Waals surface area contributed by atoms with E-state index in [0.717, 1.165) is 23.3 Å². The van der Waals surface area contributed by atoms with Crippen molar-refractivity contribution in [3.05, 3.63) is 12.5 Å². The predicted octanol–water partition coefficient (Wildman–Crippen LogP) is 0.932. The normalized spacial score (nSPS) is 14.6. The first-order valence-corrected chi connectivity index (χ1v) is 7.50. The second-order valence-electron chi connectivity index (χ2n) is 4.34. The van der Waals surface area contributed by atoms with Crippen LogP contribution in [0, 0.1) is 0 Å². The second-order valence-corrected chi connectivity index (χ2v) is 5.89. The van der Waals surface area contributed by atoms with Crippen LogP contribution in [-0.2, 0) is 17.8 Å². The molecule has 98 valence electrons. The highest BCUT2D eigenvalue weighted by molar-refractivity contribution is 7.84. The van der Waals surface area contributed by atoms with Crippen molar-refractivity contribution in [3.63, 3.8) is 0 Å². The molecule has 2 atom stereocenters. The lowest BCUT2D eigenvalue weighted by atomic mass is 10.2. The SMILES string of the molecule is CC(CCS(C)=O)Nc1ncnc2c1cnn2C. The molecule has 7 heteroatoms. The minimum atomic E-state index is -0.756. The molecule has 6 nitrogen and oxygen atoms in total. The van der Waals surface area contributed by atoms with Crippen LogP contribution < -0.4 is 5.32 Å². The number of nitrogens with one attached hydrogen (secondary N) is 1. The number of fused-ring (bicyclic) bond motifs is 1. The first kappa shape index (κ1) is 12.9. The van der Waals surface area contributed by atoms with E-state index in [1.165, 1.54) is 6.33 Å².